The van der Waals surface area contributed by atoms with Gasteiger partial charge in [0.25, 0.3) is 5.91 Å². The number of carbonyl (C=O) groups is 3. The lowest BCUT2D eigenvalue weighted by atomic mass is 10.1. The minimum Gasteiger partial charge on any atom is -0.484 e. The molecule has 0 spiro atoms. The fraction of sp³-hybridized carbons (Fsp3) is 0.375. The molecule has 3 rings (SSSR count). The number of hydrogen-bond acceptors (Lipinski definition) is 6. The van der Waals surface area contributed by atoms with E-state index in [2.05, 4.69) is 0 Å². The molecule has 32 heavy (non-hydrogen) atoms. The Hall–Kier alpha value is -3.42. The van der Waals surface area contributed by atoms with Crippen molar-refractivity contribution in [2.75, 3.05) is 37.7 Å². The largest absolute Gasteiger partial charge is 0.484 e. The Balaban J connectivity index is 1.49. The van der Waals surface area contributed by atoms with Crippen LogP contribution in [0.2, 0.25) is 0 Å². The fourth-order valence-electron chi connectivity index (χ4n) is 3.38. The number of hydrogen-bond donors (Lipinski definition) is 0. The van der Waals surface area contributed by atoms with Crippen LogP contribution < -0.4 is 9.64 Å². The molecule has 1 aliphatic rings. The van der Waals surface area contributed by atoms with Gasteiger partial charge in [0.1, 0.15) is 11.6 Å². The molecule has 7 nitrogen and oxygen atoms in total. The number of benzene rings is 2. The summed E-state index contributed by atoms with van der Waals surface area (Å²) in [5, 5.41) is 0. The lowest BCUT2D eigenvalue weighted by molar-refractivity contribution is -0.133. The third kappa shape index (κ3) is 5.84. The Morgan fingerprint density at radius 1 is 0.969 bits per heavy atom. The summed E-state index contributed by atoms with van der Waals surface area (Å²) in [5.41, 5.74) is 1.17. The normalized spacial score (nSPS) is 13.8. The summed E-state index contributed by atoms with van der Waals surface area (Å²) >= 11 is 0. The minimum atomic E-state index is -0.443. The highest BCUT2D eigenvalue weighted by Crippen LogP contribution is 2.22. The van der Waals surface area contributed by atoms with Crippen LogP contribution >= 0.6 is 0 Å². The predicted octanol–water partition coefficient (Wildman–Crippen LogP) is 3.32. The van der Waals surface area contributed by atoms with E-state index < -0.39 is 11.8 Å². The number of carbonyl (C=O) groups excluding carboxylic acids is 3. The summed E-state index contributed by atoms with van der Waals surface area (Å²) in [6.07, 6.45) is -0.201. The topological polar surface area (TPSA) is 76.2 Å². The zero-order chi connectivity index (χ0) is 23.3. The Labute approximate surface area is 186 Å². The third-order valence-electron chi connectivity index (χ3n) is 5.12. The van der Waals surface area contributed by atoms with E-state index in [0.29, 0.717) is 48.7 Å². The van der Waals surface area contributed by atoms with Crippen LogP contribution in [-0.2, 0) is 9.53 Å². The van der Waals surface area contributed by atoms with Crippen LogP contribution in [0.4, 0.5) is 10.1 Å². The van der Waals surface area contributed by atoms with Crippen LogP contribution in [0, 0.1) is 5.82 Å². The molecule has 1 heterocycles. The fourth-order valence-corrected chi connectivity index (χ4v) is 3.38. The van der Waals surface area contributed by atoms with Gasteiger partial charge >= 0.3 is 5.97 Å². The SMILES string of the molecule is CC(=O)c1ccc(N2CCN(C(=O)COc3ccc(C(=O)OC(C)C)cc3)CC2)c(F)c1. The van der Waals surface area contributed by atoms with Crippen LogP contribution in [0.1, 0.15) is 41.5 Å². The molecular weight excluding hydrogens is 415 g/mol. The van der Waals surface area contributed by atoms with Crippen LogP contribution in [0.25, 0.3) is 0 Å². The monoisotopic (exact) mass is 442 g/mol. The molecule has 0 aliphatic carbocycles. The number of piperazine rings is 1. The first-order valence-corrected chi connectivity index (χ1v) is 10.5. The van der Waals surface area contributed by atoms with Gasteiger partial charge in [-0.1, -0.05) is 0 Å². The average molecular weight is 442 g/mol. The highest BCUT2D eigenvalue weighted by Gasteiger charge is 2.23. The lowest BCUT2D eigenvalue weighted by Gasteiger charge is -2.36. The van der Waals surface area contributed by atoms with Crippen molar-refractivity contribution in [2.24, 2.45) is 0 Å². The van der Waals surface area contributed by atoms with Crippen LogP contribution in [0.5, 0.6) is 5.75 Å². The van der Waals surface area contributed by atoms with Crippen LogP contribution in [0.3, 0.4) is 0 Å². The van der Waals surface area contributed by atoms with E-state index >= 15 is 0 Å². The number of ketones is 1. The predicted molar refractivity (Wildman–Crippen MR) is 118 cm³/mol. The van der Waals surface area contributed by atoms with Crippen molar-refractivity contribution >= 4 is 23.3 Å². The zero-order valence-corrected chi connectivity index (χ0v) is 18.5. The van der Waals surface area contributed by atoms with Crippen molar-refractivity contribution < 1.29 is 28.2 Å². The summed E-state index contributed by atoms with van der Waals surface area (Å²) in [5.74, 6) is -0.726. The van der Waals surface area contributed by atoms with Gasteiger partial charge in [-0.25, -0.2) is 9.18 Å². The highest BCUT2D eigenvalue weighted by atomic mass is 19.1. The maximum atomic E-state index is 14.4. The number of rotatable bonds is 7. The summed E-state index contributed by atoms with van der Waals surface area (Å²) in [6.45, 7) is 6.67. The molecule has 170 valence electrons. The molecule has 0 radical (unpaired) electrons. The molecule has 0 bridgehead atoms. The van der Waals surface area contributed by atoms with Crippen molar-refractivity contribution in [1.82, 2.24) is 4.90 Å². The van der Waals surface area contributed by atoms with Crippen molar-refractivity contribution in [3.05, 3.63) is 59.4 Å². The van der Waals surface area contributed by atoms with E-state index in [9.17, 15) is 18.8 Å². The van der Waals surface area contributed by atoms with Gasteiger partial charge < -0.3 is 19.3 Å². The molecule has 1 fully saturated rings. The maximum absolute atomic E-state index is 14.4. The van der Waals surface area contributed by atoms with Gasteiger partial charge in [0, 0.05) is 31.7 Å². The number of anilines is 1. The van der Waals surface area contributed by atoms with Gasteiger partial charge in [-0.2, -0.15) is 0 Å². The number of amides is 1. The van der Waals surface area contributed by atoms with E-state index in [1.54, 1.807) is 55.1 Å². The van der Waals surface area contributed by atoms with Gasteiger partial charge in [0.15, 0.2) is 12.4 Å². The second-order valence-electron chi connectivity index (χ2n) is 7.86. The standard InChI is InChI=1S/C24H27FN2O5/c1-16(2)32-24(30)18-4-7-20(8-5-18)31-15-23(29)27-12-10-26(11-13-27)22-9-6-19(17(3)28)14-21(22)25/h4-9,14,16H,10-13,15H2,1-3H3. The molecule has 0 N–H and O–H groups in total. The number of Topliss-reactive ketones (excluding diaryl/α,β-unsaturated/α-hetero) is 1. The quantitative estimate of drug-likeness (QED) is 0.484. The highest BCUT2D eigenvalue weighted by molar-refractivity contribution is 5.94. The van der Waals surface area contributed by atoms with E-state index in [4.69, 9.17) is 9.47 Å². The molecule has 0 atom stereocenters. The van der Waals surface area contributed by atoms with E-state index in [1.807, 2.05) is 4.90 Å². The smallest absolute Gasteiger partial charge is 0.338 e. The molecule has 2 aromatic carbocycles. The van der Waals surface area contributed by atoms with Gasteiger partial charge in [-0.3, -0.25) is 9.59 Å². The Bertz CT molecular complexity index is 982. The number of halogens is 1. The number of nitrogens with zero attached hydrogens (tertiary/aromatic N) is 2. The third-order valence-corrected chi connectivity index (χ3v) is 5.12. The van der Waals surface area contributed by atoms with Crippen molar-refractivity contribution in [3.8, 4) is 5.75 Å². The zero-order valence-electron chi connectivity index (χ0n) is 18.5. The van der Waals surface area contributed by atoms with Gasteiger partial charge in [-0.05, 0) is 63.2 Å². The minimum absolute atomic E-state index is 0.128. The first kappa shape index (κ1) is 23.2. The molecular formula is C24H27FN2O5. The van der Waals surface area contributed by atoms with Gasteiger partial charge in [0.05, 0.1) is 17.4 Å². The molecule has 0 unspecified atom stereocenters. The number of ether oxygens (including phenoxy) is 2. The van der Waals surface area contributed by atoms with E-state index in [-0.39, 0.29) is 24.4 Å². The number of esters is 1. The van der Waals surface area contributed by atoms with Crippen molar-refractivity contribution in [1.29, 1.82) is 0 Å². The molecule has 0 saturated carbocycles. The first-order valence-electron chi connectivity index (χ1n) is 10.5. The van der Waals surface area contributed by atoms with Crippen molar-refractivity contribution in [2.45, 2.75) is 26.9 Å². The van der Waals surface area contributed by atoms with Gasteiger partial charge in [0.2, 0.25) is 0 Å². The maximum Gasteiger partial charge on any atom is 0.338 e. The van der Waals surface area contributed by atoms with Crippen molar-refractivity contribution in [3.63, 3.8) is 0 Å². The molecule has 1 amide bonds. The van der Waals surface area contributed by atoms with Crippen LogP contribution in [0.15, 0.2) is 42.5 Å². The molecule has 2 aromatic rings. The second kappa shape index (κ2) is 10.3. The Morgan fingerprint density at radius 3 is 2.16 bits per heavy atom. The summed E-state index contributed by atoms with van der Waals surface area (Å²) in [7, 11) is 0. The molecule has 1 saturated heterocycles. The summed E-state index contributed by atoms with van der Waals surface area (Å²) in [4.78, 5) is 39.3. The van der Waals surface area contributed by atoms with E-state index in [0.717, 1.165) is 0 Å². The van der Waals surface area contributed by atoms with Crippen LogP contribution in [-0.4, -0.2) is 61.4 Å². The average Bonchev–Trinajstić information content (AvgIpc) is 2.77. The molecule has 8 heteroatoms. The van der Waals surface area contributed by atoms with E-state index in [1.165, 1.54) is 13.0 Å². The summed E-state index contributed by atoms with van der Waals surface area (Å²) < 4.78 is 25.1. The first-order chi connectivity index (χ1) is 15.2. The molecule has 0 aromatic heterocycles. The van der Waals surface area contributed by atoms with Gasteiger partial charge in [-0.15, -0.1) is 0 Å². The second-order valence-corrected chi connectivity index (χ2v) is 7.86. The lowest BCUT2D eigenvalue weighted by Crippen LogP contribution is -2.50. The Morgan fingerprint density at radius 2 is 1.59 bits per heavy atom. The summed E-state index contributed by atoms with van der Waals surface area (Å²) in [6, 6.07) is 10.9. The Kier molecular flexibility index (Phi) is 7.45. The molecule has 1 aliphatic heterocycles.